The standard InChI is InChI=1S/C26H27N3O6S/c1-35-23-10-6-19(7-11-23)18-4-8-22(9-5-18)29(36(33)34)24(26(31)32)20-12-15-28(16-13-20)25(30)21-3-2-14-27-17-21/h2-11,14,17,20,24H,12-13,15-16H2,1H3,(H,31,32)(H,33,34). The summed E-state index contributed by atoms with van der Waals surface area (Å²) in [5.41, 5.74) is 2.61. The molecule has 3 aromatic rings. The molecule has 1 aliphatic heterocycles. The molecule has 2 heterocycles. The fourth-order valence-corrected chi connectivity index (χ4v) is 5.27. The van der Waals surface area contributed by atoms with Gasteiger partial charge in [-0.1, -0.05) is 24.3 Å². The Bertz CT molecular complexity index is 1210. The number of nitrogens with zero attached hydrogens (tertiary/aromatic N) is 3. The second kappa shape index (κ2) is 11.3. The third-order valence-corrected chi connectivity index (χ3v) is 7.18. The third kappa shape index (κ3) is 5.55. The average molecular weight is 510 g/mol. The van der Waals surface area contributed by atoms with Gasteiger partial charge in [-0.2, -0.15) is 0 Å². The van der Waals surface area contributed by atoms with Crippen molar-refractivity contribution >= 4 is 28.8 Å². The molecule has 2 unspecified atom stereocenters. The van der Waals surface area contributed by atoms with E-state index in [1.54, 1.807) is 54.6 Å². The molecule has 2 atom stereocenters. The highest BCUT2D eigenvalue weighted by Crippen LogP contribution is 2.31. The number of benzene rings is 2. The topological polar surface area (TPSA) is 120 Å². The van der Waals surface area contributed by atoms with Gasteiger partial charge < -0.3 is 14.7 Å². The van der Waals surface area contributed by atoms with Gasteiger partial charge in [-0.25, -0.2) is 9.00 Å². The quantitative estimate of drug-likeness (QED) is 0.444. The third-order valence-electron chi connectivity index (χ3n) is 6.40. The van der Waals surface area contributed by atoms with Gasteiger partial charge in [0.15, 0.2) is 0 Å². The van der Waals surface area contributed by atoms with Crippen LogP contribution in [0.1, 0.15) is 23.2 Å². The van der Waals surface area contributed by atoms with E-state index in [-0.39, 0.29) is 5.91 Å². The molecule has 2 N–H and O–H groups in total. The van der Waals surface area contributed by atoms with Crippen LogP contribution < -0.4 is 9.04 Å². The van der Waals surface area contributed by atoms with Crippen LogP contribution >= 0.6 is 0 Å². The summed E-state index contributed by atoms with van der Waals surface area (Å²) in [6.45, 7) is 0.703. The van der Waals surface area contributed by atoms with Gasteiger partial charge in [0.1, 0.15) is 11.8 Å². The number of likely N-dealkylation sites (tertiary alicyclic amines) is 1. The van der Waals surface area contributed by atoms with Crippen LogP contribution in [0, 0.1) is 5.92 Å². The summed E-state index contributed by atoms with van der Waals surface area (Å²) in [6, 6.07) is 16.5. The second-order valence-electron chi connectivity index (χ2n) is 8.49. The maximum atomic E-state index is 12.7. The number of carboxylic acids is 1. The van der Waals surface area contributed by atoms with Crippen LogP contribution in [-0.4, -0.2) is 61.9 Å². The van der Waals surface area contributed by atoms with Gasteiger partial charge in [-0.3, -0.25) is 18.6 Å². The Morgan fingerprint density at radius 2 is 1.67 bits per heavy atom. The van der Waals surface area contributed by atoms with E-state index < -0.39 is 29.2 Å². The van der Waals surface area contributed by atoms with Gasteiger partial charge in [0.2, 0.25) is 0 Å². The predicted molar refractivity (Wildman–Crippen MR) is 136 cm³/mol. The first-order chi connectivity index (χ1) is 17.4. The lowest BCUT2D eigenvalue weighted by molar-refractivity contribution is -0.140. The van der Waals surface area contributed by atoms with Crippen LogP contribution in [0.2, 0.25) is 0 Å². The van der Waals surface area contributed by atoms with Crippen molar-refractivity contribution in [3.8, 4) is 16.9 Å². The number of hydrogen-bond donors (Lipinski definition) is 2. The molecule has 4 rings (SSSR count). The molecule has 1 aliphatic rings. The molecule has 9 nitrogen and oxygen atoms in total. The zero-order valence-corrected chi connectivity index (χ0v) is 20.5. The van der Waals surface area contributed by atoms with Crippen molar-refractivity contribution in [1.82, 2.24) is 9.88 Å². The molecule has 36 heavy (non-hydrogen) atoms. The van der Waals surface area contributed by atoms with E-state index in [4.69, 9.17) is 4.74 Å². The molecule has 0 bridgehead atoms. The first kappa shape index (κ1) is 25.3. The number of piperidine rings is 1. The highest BCUT2D eigenvalue weighted by Gasteiger charge is 2.39. The highest BCUT2D eigenvalue weighted by atomic mass is 32.2. The predicted octanol–water partition coefficient (Wildman–Crippen LogP) is 3.71. The lowest BCUT2D eigenvalue weighted by atomic mass is 9.88. The Morgan fingerprint density at radius 3 is 2.17 bits per heavy atom. The fraction of sp³-hybridized carbons (Fsp3) is 0.269. The number of hydrogen-bond acceptors (Lipinski definition) is 5. The molecular formula is C26H27N3O6S. The lowest BCUT2D eigenvalue weighted by Gasteiger charge is -2.38. The minimum absolute atomic E-state index is 0.162. The summed E-state index contributed by atoms with van der Waals surface area (Å²) in [7, 11) is 1.59. The van der Waals surface area contributed by atoms with Crippen LogP contribution in [0.4, 0.5) is 5.69 Å². The van der Waals surface area contributed by atoms with Crippen molar-refractivity contribution in [2.24, 2.45) is 5.92 Å². The minimum Gasteiger partial charge on any atom is -0.497 e. The smallest absolute Gasteiger partial charge is 0.327 e. The van der Waals surface area contributed by atoms with Crippen LogP contribution in [0.15, 0.2) is 73.1 Å². The van der Waals surface area contributed by atoms with E-state index in [1.807, 2.05) is 24.3 Å². The molecule has 0 radical (unpaired) electrons. The molecule has 10 heteroatoms. The first-order valence-electron chi connectivity index (χ1n) is 11.5. The van der Waals surface area contributed by atoms with E-state index in [1.165, 1.54) is 6.20 Å². The van der Waals surface area contributed by atoms with Crippen LogP contribution in [-0.2, 0) is 16.1 Å². The number of aromatic nitrogens is 1. The van der Waals surface area contributed by atoms with Crippen LogP contribution in [0.5, 0.6) is 5.75 Å². The monoisotopic (exact) mass is 509 g/mol. The molecule has 0 spiro atoms. The van der Waals surface area contributed by atoms with Gasteiger partial charge in [0.25, 0.3) is 17.2 Å². The SMILES string of the molecule is COc1ccc(-c2ccc(N(C(C(=O)O)C3CCN(C(=O)c4cccnc4)CC3)S(=O)O)cc2)cc1. The molecule has 1 saturated heterocycles. The van der Waals surface area contributed by atoms with Gasteiger partial charge >= 0.3 is 5.97 Å². The molecule has 0 saturated carbocycles. The van der Waals surface area contributed by atoms with E-state index in [9.17, 15) is 23.5 Å². The minimum atomic E-state index is -2.56. The number of aliphatic carboxylic acids is 1. The summed E-state index contributed by atoms with van der Waals surface area (Å²) < 4.78 is 28.7. The van der Waals surface area contributed by atoms with E-state index in [0.29, 0.717) is 37.2 Å². The number of carbonyl (C=O) groups is 2. The lowest BCUT2D eigenvalue weighted by Crippen LogP contribution is -2.51. The van der Waals surface area contributed by atoms with Gasteiger partial charge in [0.05, 0.1) is 18.4 Å². The van der Waals surface area contributed by atoms with Crippen molar-refractivity contribution in [3.63, 3.8) is 0 Å². The summed E-state index contributed by atoms with van der Waals surface area (Å²) in [6.07, 6.45) is 3.87. The van der Waals surface area contributed by atoms with Crippen LogP contribution in [0.25, 0.3) is 11.1 Å². The Kier molecular flexibility index (Phi) is 7.97. The number of carbonyl (C=O) groups excluding carboxylic acids is 1. The first-order valence-corrected chi connectivity index (χ1v) is 12.5. The fourth-order valence-electron chi connectivity index (χ4n) is 4.52. The van der Waals surface area contributed by atoms with Crippen molar-refractivity contribution < 1.29 is 28.2 Å². The molecule has 188 valence electrons. The van der Waals surface area contributed by atoms with E-state index in [2.05, 4.69) is 4.98 Å². The largest absolute Gasteiger partial charge is 0.497 e. The molecule has 0 aliphatic carbocycles. The molecule has 1 aromatic heterocycles. The molecule has 2 aromatic carbocycles. The summed E-state index contributed by atoms with van der Waals surface area (Å²) >= 11 is -2.56. The van der Waals surface area contributed by atoms with Crippen molar-refractivity contribution in [2.45, 2.75) is 18.9 Å². The Labute approximate surface area is 211 Å². The summed E-state index contributed by atoms with van der Waals surface area (Å²) in [5, 5.41) is 10.1. The van der Waals surface area contributed by atoms with E-state index >= 15 is 0 Å². The van der Waals surface area contributed by atoms with Crippen molar-refractivity contribution in [1.29, 1.82) is 0 Å². The van der Waals surface area contributed by atoms with Crippen molar-refractivity contribution in [2.75, 3.05) is 24.5 Å². The Hall–Kier alpha value is -3.76. The molecule has 1 fully saturated rings. The number of ether oxygens (including phenoxy) is 1. The van der Waals surface area contributed by atoms with Crippen LogP contribution in [0.3, 0.4) is 0 Å². The number of rotatable bonds is 8. The maximum absolute atomic E-state index is 12.7. The van der Waals surface area contributed by atoms with Crippen molar-refractivity contribution in [3.05, 3.63) is 78.6 Å². The van der Waals surface area contributed by atoms with Gasteiger partial charge in [-0.15, -0.1) is 0 Å². The number of carboxylic acid groups (broad SMARTS) is 1. The zero-order valence-electron chi connectivity index (χ0n) is 19.7. The number of anilines is 1. The van der Waals surface area contributed by atoms with E-state index in [0.717, 1.165) is 21.2 Å². The number of pyridine rings is 1. The van der Waals surface area contributed by atoms with Gasteiger partial charge in [0, 0.05) is 25.5 Å². The summed E-state index contributed by atoms with van der Waals surface area (Å²) in [4.78, 5) is 30.7. The normalized spacial score (nSPS) is 15.7. The number of methoxy groups -OCH3 is 1. The highest BCUT2D eigenvalue weighted by molar-refractivity contribution is 7.80. The molecular weight excluding hydrogens is 482 g/mol. The maximum Gasteiger partial charge on any atom is 0.327 e. The molecule has 1 amide bonds. The Morgan fingerprint density at radius 1 is 1.06 bits per heavy atom. The Balaban J connectivity index is 1.51. The average Bonchev–Trinajstić information content (AvgIpc) is 2.91. The second-order valence-corrected chi connectivity index (χ2v) is 9.34. The number of amides is 1. The van der Waals surface area contributed by atoms with Gasteiger partial charge in [-0.05, 0) is 66.3 Å². The zero-order chi connectivity index (χ0) is 25.7. The summed E-state index contributed by atoms with van der Waals surface area (Å²) in [5.74, 6) is -1.04.